The fourth-order valence-electron chi connectivity index (χ4n) is 3.12. The van der Waals surface area contributed by atoms with Crippen molar-refractivity contribution in [1.82, 2.24) is 10.3 Å². The van der Waals surface area contributed by atoms with E-state index in [-0.39, 0.29) is 5.91 Å². The van der Waals surface area contributed by atoms with Gasteiger partial charge in [0.15, 0.2) is 0 Å². The first-order chi connectivity index (χ1) is 13.7. The van der Waals surface area contributed by atoms with Gasteiger partial charge in [0.2, 0.25) is 0 Å². The highest BCUT2D eigenvalue weighted by molar-refractivity contribution is 5.95. The van der Waals surface area contributed by atoms with Gasteiger partial charge in [-0.2, -0.15) is 0 Å². The van der Waals surface area contributed by atoms with Gasteiger partial charge in [0.05, 0.1) is 6.61 Å². The van der Waals surface area contributed by atoms with Crippen molar-refractivity contribution in [1.29, 1.82) is 0 Å². The third-order valence-corrected chi connectivity index (χ3v) is 4.74. The minimum absolute atomic E-state index is 0.0764. The van der Waals surface area contributed by atoms with Crippen molar-refractivity contribution in [3.05, 3.63) is 83.7 Å². The Morgan fingerprint density at radius 3 is 2.61 bits per heavy atom. The molecule has 144 valence electrons. The Bertz CT molecular complexity index is 906. The molecule has 0 bridgehead atoms. The molecule has 0 unspecified atom stereocenters. The lowest BCUT2D eigenvalue weighted by atomic mass is 9.98. The van der Waals surface area contributed by atoms with Crippen LogP contribution in [0.15, 0.2) is 67.0 Å². The van der Waals surface area contributed by atoms with Crippen LogP contribution in [0.25, 0.3) is 11.1 Å². The average Bonchev–Trinajstić information content (AvgIpc) is 2.74. The Morgan fingerprint density at radius 1 is 1.07 bits per heavy atom. The summed E-state index contributed by atoms with van der Waals surface area (Å²) in [6, 6.07) is 17.9. The zero-order chi connectivity index (χ0) is 19.8. The number of benzene rings is 2. The van der Waals surface area contributed by atoms with E-state index in [1.165, 1.54) is 5.56 Å². The average molecular weight is 374 g/mol. The molecule has 0 radical (unpaired) electrons. The molecule has 3 aromatic rings. The van der Waals surface area contributed by atoms with Gasteiger partial charge in [-0.1, -0.05) is 24.3 Å². The molecule has 0 spiro atoms. The summed E-state index contributed by atoms with van der Waals surface area (Å²) < 4.78 is 5.86. The second kappa shape index (κ2) is 9.70. The van der Waals surface area contributed by atoms with Crippen LogP contribution in [0.3, 0.4) is 0 Å². The van der Waals surface area contributed by atoms with Crippen molar-refractivity contribution >= 4 is 5.91 Å². The molecule has 1 aromatic heterocycles. The predicted octanol–water partition coefficient (Wildman–Crippen LogP) is 4.82. The zero-order valence-corrected chi connectivity index (χ0v) is 16.4. The number of pyridine rings is 1. The molecule has 3 rings (SSSR count). The molecule has 0 fully saturated rings. The van der Waals surface area contributed by atoms with E-state index < -0.39 is 0 Å². The van der Waals surface area contributed by atoms with Crippen molar-refractivity contribution < 1.29 is 9.53 Å². The molecule has 1 amide bonds. The molecule has 4 heteroatoms. The maximum Gasteiger partial charge on any atom is 0.251 e. The summed E-state index contributed by atoms with van der Waals surface area (Å²) >= 11 is 0. The summed E-state index contributed by atoms with van der Waals surface area (Å²) in [5.74, 6) is 0.790. The predicted molar refractivity (Wildman–Crippen MR) is 113 cm³/mol. The van der Waals surface area contributed by atoms with Gasteiger partial charge in [0, 0.05) is 25.0 Å². The Hall–Kier alpha value is -3.14. The van der Waals surface area contributed by atoms with Gasteiger partial charge in [0.25, 0.3) is 5.91 Å². The van der Waals surface area contributed by atoms with E-state index in [4.69, 9.17) is 4.74 Å². The van der Waals surface area contributed by atoms with E-state index >= 15 is 0 Å². The van der Waals surface area contributed by atoms with Crippen LogP contribution in [0.4, 0.5) is 0 Å². The number of nitrogens with one attached hydrogen (secondary N) is 1. The molecule has 1 heterocycles. The number of rotatable bonds is 8. The Labute approximate surface area is 166 Å². The fraction of sp³-hybridized carbons (Fsp3) is 0.250. The van der Waals surface area contributed by atoms with Crippen LogP contribution in [0.1, 0.15) is 34.3 Å². The van der Waals surface area contributed by atoms with Gasteiger partial charge < -0.3 is 10.1 Å². The van der Waals surface area contributed by atoms with Gasteiger partial charge in [-0.25, -0.2) is 0 Å². The Kier molecular flexibility index (Phi) is 6.79. The lowest BCUT2D eigenvalue weighted by Gasteiger charge is -2.10. The molecular weight excluding hydrogens is 348 g/mol. The number of nitrogens with zero attached hydrogens (tertiary/aromatic N) is 1. The van der Waals surface area contributed by atoms with Gasteiger partial charge in [0.1, 0.15) is 5.75 Å². The van der Waals surface area contributed by atoms with Gasteiger partial charge in [-0.15, -0.1) is 0 Å². The summed E-state index contributed by atoms with van der Waals surface area (Å²) in [5.41, 5.74) is 5.20. The molecule has 0 aliphatic rings. The van der Waals surface area contributed by atoms with Crippen LogP contribution in [0.2, 0.25) is 0 Å². The summed E-state index contributed by atoms with van der Waals surface area (Å²) in [5, 5.41) is 2.67. The van der Waals surface area contributed by atoms with Crippen molar-refractivity contribution in [2.24, 2.45) is 0 Å². The van der Waals surface area contributed by atoms with E-state index in [2.05, 4.69) is 23.3 Å². The molecule has 1 N–H and O–H groups in total. The highest BCUT2D eigenvalue weighted by Gasteiger charge is 2.08. The standard InChI is InChI=1S/C24H26N2O2/c1-18-8-9-21(24(27)25-2)16-23(18)20-10-12-22(13-11-20)28-15-4-3-6-19-7-5-14-26-17-19/h5,7-14,16-17H,3-4,6,15H2,1-2H3,(H,25,27). The SMILES string of the molecule is CNC(=O)c1ccc(C)c(-c2ccc(OCCCCc3cccnc3)cc2)c1. The third-order valence-electron chi connectivity index (χ3n) is 4.74. The number of amides is 1. The molecule has 0 aliphatic carbocycles. The largest absolute Gasteiger partial charge is 0.494 e. The van der Waals surface area contributed by atoms with E-state index in [0.717, 1.165) is 41.7 Å². The number of aryl methyl sites for hydroxylation is 2. The van der Waals surface area contributed by atoms with Crippen molar-refractivity contribution in [2.75, 3.05) is 13.7 Å². The first kappa shape index (κ1) is 19.6. The highest BCUT2D eigenvalue weighted by atomic mass is 16.5. The topological polar surface area (TPSA) is 51.2 Å². The molecule has 2 aromatic carbocycles. The number of carbonyl (C=O) groups excluding carboxylic acids is 1. The van der Waals surface area contributed by atoms with Crippen molar-refractivity contribution in [3.8, 4) is 16.9 Å². The first-order valence-electron chi connectivity index (χ1n) is 9.62. The van der Waals surface area contributed by atoms with Crippen LogP contribution < -0.4 is 10.1 Å². The molecule has 28 heavy (non-hydrogen) atoms. The normalized spacial score (nSPS) is 10.5. The minimum atomic E-state index is -0.0764. The molecule has 4 nitrogen and oxygen atoms in total. The van der Waals surface area contributed by atoms with Crippen LogP contribution in [0.5, 0.6) is 5.75 Å². The Morgan fingerprint density at radius 2 is 1.89 bits per heavy atom. The highest BCUT2D eigenvalue weighted by Crippen LogP contribution is 2.26. The van der Waals surface area contributed by atoms with Crippen LogP contribution in [0, 0.1) is 6.92 Å². The molecule has 0 saturated heterocycles. The third kappa shape index (κ3) is 5.19. The number of ether oxygens (including phenoxy) is 1. The van der Waals surface area contributed by atoms with Gasteiger partial charge in [-0.05, 0) is 78.8 Å². The summed E-state index contributed by atoms with van der Waals surface area (Å²) in [6.07, 6.45) is 6.82. The number of aromatic nitrogens is 1. The quantitative estimate of drug-likeness (QED) is 0.575. The van der Waals surface area contributed by atoms with Crippen molar-refractivity contribution in [3.63, 3.8) is 0 Å². The van der Waals surface area contributed by atoms with Crippen LogP contribution in [-0.2, 0) is 6.42 Å². The lowest BCUT2D eigenvalue weighted by molar-refractivity contribution is 0.0963. The number of unbranched alkanes of at least 4 members (excludes halogenated alkanes) is 1. The van der Waals surface area contributed by atoms with Crippen molar-refractivity contribution in [2.45, 2.75) is 26.2 Å². The fourth-order valence-corrected chi connectivity index (χ4v) is 3.12. The summed E-state index contributed by atoms with van der Waals surface area (Å²) in [4.78, 5) is 16.0. The molecule has 0 saturated carbocycles. The maximum absolute atomic E-state index is 11.9. The summed E-state index contributed by atoms with van der Waals surface area (Å²) in [7, 11) is 1.64. The van der Waals surface area contributed by atoms with E-state index in [1.807, 2.05) is 54.7 Å². The van der Waals surface area contributed by atoms with Crippen LogP contribution in [-0.4, -0.2) is 24.5 Å². The lowest BCUT2D eigenvalue weighted by Crippen LogP contribution is -2.17. The van der Waals surface area contributed by atoms with Gasteiger partial charge >= 0.3 is 0 Å². The van der Waals surface area contributed by atoms with E-state index in [0.29, 0.717) is 12.2 Å². The second-order valence-electron chi connectivity index (χ2n) is 6.80. The smallest absolute Gasteiger partial charge is 0.251 e. The number of hydrogen-bond donors (Lipinski definition) is 1. The van der Waals surface area contributed by atoms with Gasteiger partial charge in [-0.3, -0.25) is 9.78 Å². The molecule has 0 aliphatic heterocycles. The zero-order valence-electron chi connectivity index (χ0n) is 16.4. The van der Waals surface area contributed by atoms with E-state index in [1.54, 1.807) is 13.2 Å². The monoisotopic (exact) mass is 374 g/mol. The van der Waals surface area contributed by atoms with E-state index in [9.17, 15) is 4.79 Å². The first-order valence-corrected chi connectivity index (χ1v) is 9.62. The minimum Gasteiger partial charge on any atom is -0.494 e. The Balaban J connectivity index is 1.54. The molecular formula is C24H26N2O2. The number of hydrogen-bond acceptors (Lipinski definition) is 3. The second-order valence-corrected chi connectivity index (χ2v) is 6.80. The number of carbonyl (C=O) groups is 1. The van der Waals surface area contributed by atoms with Crippen LogP contribution >= 0.6 is 0 Å². The summed E-state index contributed by atoms with van der Waals surface area (Å²) in [6.45, 7) is 2.75. The maximum atomic E-state index is 11.9. The molecule has 0 atom stereocenters.